The van der Waals surface area contributed by atoms with Crippen LogP contribution in [0, 0.1) is 0 Å². The lowest BCUT2D eigenvalue weighted by Gasteiger charge is -2.10. The highest BCUT2D eigenvalue weighted by molar-refractivity contribution is 5.74. The number of rotatable bonds is 24. The fraction of sp³-hybridized carbons (Fsp3) is 0.962. The highest BCUT2D eigenvalue weighted by Crippen LogP contribution is 2.14. The molecule has 180 valence electrons. The van der Waals surface area contributed by atoms with Gasteiger partial charge in [-0.1, -0.05) is 122 Å². The molecule has 30 heavy (non-hydrogen) atoms. The van der Waals surface area contributed by atoms with E-state index in [2.05, 4.69) is 6.92 Å². The Morgan fingerprint density at radius 2 is 1.03 bits per heavy atom. The summed E-state index contributed by atoms with van der Waals surface area (Å²) in [5.41, 5.74) is 0. The lowest BCUT2D eigenvalue weighted by molar-refractivity contribution is -0.154. The minimum Gasteiger partial charge on any atom is -0.464 e. The van der Waals surface area contributed by atoms with E-state index in [4.69, 9.17) is 9.84 Å². The first-order valence-corrected chi connectivity index (χ1v) is 13.2. The van der Waals surface area contributed by atoms with Gasteiger partial charge in [-0.2, -0.15) is 0 Å². The SMILES string of the molecule is CCCCCCCCCCCCCCCCC(O)C(=O)OCCCCCCCCO. The molecule has 1 unspecified atom stereocenters. The number of ether oxygens (including phenoxy) is 1. The molecule has 0 amide bonds. The second-order valence-electron chi connectivity index (χ2n) is 8.91. The van der Waals surface area contributed by atoms with Crippen molar-refractivity contribution in [3.05, 3.63) is 0 Å². The molecule has 4 nitrogen and oxygen atoms in total. The fourth-order valence-corrected chi connectivity index (χ4v) is 3.84. The third-order valence-corrected chi connectivity index (χ3v) is 5.90. The van der Waals surface area contributed by atoms with Crippen LogP contribution in [0.2, 0.25) is 0 Å². The normalized spacial score (nSPS) is 12.2. The van der Waals surface area contributed by atoms with Gasteiger partial charge in [-0.05, 0) is 19.3 Å². The summed E-state index contributed by atoms with van der Waals surface area (Å²) in [5.74, 6) is -0.454. The van der Waals surface area contributed by atoms with Gasteiger partial charge in [-0.15, -0.1) is 0 Å². The first-order chi connectivity index (χ1) is 14.7. The zero-order valence-electron chi connectivity index (χ0n) is 20.1. The van der Waals surface area contributed by atoms with Gasteiger partial charge in [-0.25, -0.2) is 4.79 Å². The van der Waals surface area contributed by atoms with E-state index in [0.29, 0.717) is 13.0 Å². The largest absolute Gasteiger partial charge is 0.464 e. The first kappa shape index (κ1) is 29.4. The number of carbonyl (C=O) groups excluding carboxylic acids is 1. The Balaban J connectivity index is 3.28. The Kier molecular flexibility index (Phi) is 24.2. The van der Waals surface area contributed by atoms with Gasteiger partial charge in [0, 0.05) is 6.61 Å². The molecule has 1 atom stereocenters. The van der Waals surface area contributed by atoms with E-state index in [1.807, 2.05) is 0 Å². The van der Waals surface area contributed by atoms with Gasteiger partial charge < -0.3 is 14.9 Å². The Morgan fingerprint density at radius 1 is 0.633 bits per heavy atom. The van der Waals surface area contributed by atoms with E-state index < -0.39 is 12.1 Å². The first-order valence-electron chi connectivity index (χ1n) is 13.2. The van der Waals surface area contributed by atoms with Gasteiger partial charge in [0.2, 0.25) is 0 Å². The standard InChI is InChI=1S/C26H52O4/c1-2-3-4-5-6-7-8-9-10-11-12-13-16-19-22-25(28)26(29)30-24-21-18-15-14-17-20-23-27/h25,27-28H,2-24H2,1H3. The van der Waals surface area contributed by atoms with Crippen LogP contribution in [0.3, 0.4) is 0 Å². The Hall–Kier alpha value is -0.610. The average molecular weight is 429 g/mol. The van der Waals surface area contributed by atoms with Gasteiger partial charge in [0.05, 0.1) is 6.61 Å². The monoisotopic (exact) mass is 428 g/mol. The van der Waals surface area contributed by atoms with E-state index in [1.54, 1.807) is 0 Å². The van der Waals surface area contributed by atoms with Crippen LogP contribution in [0.4, 0.5) is 0 Å². The van der Waals surface area contributed by atoms with Crippen molar-refractivity contribution in [2.24, 2.45) is 0 Å². The van der Waals surface area contributed by atoms with E-state index in [0.717, 1.165) is 51.4 Å². The number of hydrogen-bond acceptors (Lipinski definition) is 4. The van der Waals surface area contributed by atoms with E-state index in [1.165, 1.54) is 77.0 Å². The van der Waals surface area contributed by atoms with Crippen LogP contribution >= 0.6 is 0 Å². The zero-order chi connectivity index (χ0) is 22.1. The average Bonchev–Trinajstić information content (AvgIpc) is 2.75. The molecular weight excluding hydrogens is 376 g/mol. The van der Waals surface area contributed by atoms with E-state index >= 15 is 0 Å². The van der Waals surface area contributed by atoms with Crippen molar-refractivity contribution in [2.75, 3.05) is 13.2 Å². The molecular formula is C26H52O4. The molecule has 2 N–H and O–H groups in total. The van der Waals surface area contributed by atoms with Crippen molar-refractivity contribution < 1.29 is 19.7 Å². The summed E-state index contributed by atoms with van der Waals surface area (Å²) in [7, 11) is 0. The Bertz CT molecular complexity index is 346. The summed E-state index contributed by atoms with van der Waals surface area (Å²) in [6.07, 6.45) is 23.9. The summed E-state index contributed by atoms with van der Waals surface area (Å²) < 4.78 is 5.17. The molecule has 0 fully saturated rings. The van der Waals surface area contributed by atoms with Crippen molar-refractivity contribution in [2.45, 2.75) is 148 Å². The minimum atomic E-state index is -0.952. The molecule has 4 heteroatoms. The maximum Gasteiger partial charge on any atom is 0.334 e. The molecule has 0 spiro atoms. The fourth-order valence-electron chi connectivity index (χ4n) is 3.84. The minimum absolute atomic E-state index is 0.273. The van der Waals surface area contributed by atoms with E-state index in [9.17, 15) is 9.90 Å². The summed E-state index contributed by atoms with van der Waals surface area (Å²) >= 11 is 0. The van der Waals surface area contributed by atoms with Crippen LogP contribution in [0.15, 0.2) is 0 Å². The number of hydrogen-bond donors (Lipinski definition) is 2. The van der Waals surface area contributed by atoms with Crippen molar-refractivity contribution in [3.8, 4) is 0 Å². The van der Waals surface area contributed by atoms with Gasteiger partial charge in [-0.3, -0.25) is 0 Å². The van der Waals surface area contributed by atoms with Gasteiger partial charge in [0.25, 0.3) is 0 Å². The molecule has 0 saturated carbocycles. The van der Waals surface area contributed by atoms with E-state index in [-0.39, 0.29) is 6.61 Å². The summed E-state index contributed by atoms with van der Waals surface area (Å²) in [6, 6.07) is 0. The molecule has 0 aliphatic rings. The quantitative estimate of drug-likeness (QED) is 0.127. The number of unbranched alkanes of at least 4 members (excludes halogenated alkanes) is 18. The second kappa shape index (κ2) is 24.7. The molecule has 0 saturated heterocycles. The summed E-state index contributed by atoms with van der Waals surface area (Å²) in [4.78, 5) is 11.8. The molecule has 0 radical (unpaired) electrons. The maximum absolute atomic E-state index is 11.8. The second-order valence-corrected chi connectivity index (χ2v) is 8.91. The van der Waals surface area contributed by atoms with Gasteiger partial charge in [0.1, 0.15) is 0 Å². The Morgan fingerprint density at radius 3 is 1.50 bits per heavy atom. The molecule has 0 aromatic heterocycles. The molecule has 0 aliphatic heterocycles. The topological polar surface area (TPSA) is 66.8 Å². The molecule has 0 heterocycles. The molecule has 0 aromatic carbocycles. The highest BCUT2D eigenvalue weighted by atomic mass is 16.5. The predicted octanol–water partition coefficient (Wildman–Crippen LogP) is 7.09. The van der Waals surface area contributed by atoms with Crippen LogP contribution in [-0.2, 0) is 9.53 Å². The Labute approximate surface area is 187 Å². The van der Waals surface area contributed by atoms with Crippen molar-refractivity contribution in [1.82, 2.24) is 0 Å². The third kappa shape index (κ3) is 22.1. The molecule has 0 bridgehead atoms. The molecule has 0 aliphatic carbocycles. The summed E-state index contributed by atoms with van der Waals surface area (Å²) in [6.45, 7) is 2.95. The van der Waals surface area contributed by atoms with Crippen LogP contribution in [-0.4, -0.2) is 35.5 Å². The maximum atomic E-state index is 11.8. The lowest BCUT2D eigenvalue weighted by Crippen LogP contribution is -2.23. The molecule has 0 aromatic rings. The van der Waals surface area contributed by atoms with Gasteiger partial charge >= 0.3 is 5.97 Å². The smallest absolute Gasteiger partial charge is 0.334 e. The molecule has 0 rings (SSSR count). The number of carbonyl (C=O) groups is 1. The van der Waals surface area contributed by atoms with Crippen molar-refractivity contribution in [3.63, 3.8) is 0 Å². The third-order valence-electron chi connectivity index (χ3n) is 5.90. The number of aliphatic hydroxyl groups is 2. The lowest BCUT2D eigenvalue weighted by atomic mass is 10.0. The zero-order valence-corrected chi connectivity index (χ0v) is 20.1. The number of aliphatic hydroxyl groups excluding tert-OH is 2. The van der Waals surface area contributed by atoms with Crippen molar-refractivity contribution in [1.29, 1.82) is 0 Å². The van der Waals surface area contributed by atoms with Crippen molar-refractivity contribution >= 4 is 5.97 Å². The van der Waals surface area contributed by atoms with Gasteiger partial charge in [0.15, 0.2) is 6.10 Å². The van der Waals surface area contributed by atoms with Crippen LogP contribution in [0.5, 0.6) is 0 Å². The number of esters is 1. The predicted molar refractivity (Wildman–Crippen MR) is 127 cm³/mol. The van der Waals surface area contributed by atoms with Crippen LogP contribution in [0.1, 0.15) is 142 Å². The summed E-state index contributed by atoms with van der Waals surface area (Å²) in [5, 5.41) is 18.6. The highest BCUT2D eigenvalue weighted by Gasteiger charge is 2.15. The van der Waals surface area contributed by atoms with Crippen LogP contribution < -0.4 is 0 Å². The van der Waals surface area contributed by atoms with Crippen LogP contribution in [0.25, 0.3) is 0 Å².